The fourth-order valence-electron chi connectivity index (χ4n) is 3.46. The van der Waals surface area contributed by atoms with E-state index in [0.29, 0.717) is 41.3 Å². The molecular weight excluding hydrogens is 378 g/mol. The molecule has 1 saturated carbocycles. The van der Waals surface area contributed by atoms with Crippen LogP contribution < -0.4 is 21.5 Å². The number of para-hydroxylation sites is 1. The molecule has 2 aromatic carbocycles. The number of amidine groups is 2. The Kier molecular flexibility index (Phi) is 6.85. The number of nitrogens with one attached hydrogen (secondary N) is 2. The number of rotatable bonds is 6. The van der Waals surface area contributed by atoms with Gasteiger partial charge in [0.1, 0.15) is 29.0 Å². The molecule has 7 nitrogen and oxygen atoms in total. The quantitative estimate of drug-likeness (QED) is 0.433. The number of carbonyl (C=O) groups is 1. The van der Waals surface area contributed by atoms with Gasteiger partial charge in [-0.1, -0.05) is 18.2 Å². The third kappa shape index (κ3) is 5.26. The second-order valence-corrected chi connectivity index (χ2v) is 7.19. The molecule has 0 bridgehead atoms. The normalized spacial score (nSPS) is 17.8. The van der Waals surface area contributed by atoms with E-state index in [1.165, 1.54) is 0 Å². The number of hydrogen-bond donors (Lipinski definition) is 4. The lowest BCUT2D eigenvalue weighted by Gasteiger charge is -2.25. The van der Waals surface area contributed by atoms with E-state index in [-0.39, 0.29) is 17.7 Å². The van der Waals surface area contributed by atoms with Gasteiger partial charge < -0.3 is 21.5 Å². The molecule has 30 heavy (non-hydrogen) atoms. The molecular formula is C23H27N5O2. The third-order valence-corrected chi connectivity index (χ3v) is 4.97. The van der Waals surface area contributed by atoms with Crippen LogP contribution in [0.1, 0.15) is 31.2 Å². The highest BCUT2D eigenvalue weighted by molar-refractivity contribution is 6.26. The molecule has 0 amide bonds. The van der Waals surface area contributed by atoms with E-state index in [1.807, 2.05) is 54.6 Å². The topological polar surface area (TPSA) is 127 Å². The third-order valence-electron chi connectivity index (χ3n) is 4.97. The molecule has 0 saturated heterocycles. The number of hydrogen-bond acceptors (Lipinski definition) is 5. The molecule has 0 spiro atoms. The summed E-state index contributed by atoms with van der Waals surface area (Å²) in [5.74, 6) is 1.87. The molecule has 156 valence electrons. The number of nitrogens with two attached hydrogens (primary N) is 2. The Bertz CT molecular complexity index is 965. The Morgan fingerprint density at radius 3 is 2.37 bits per heavy atom. The molecule has 0 radical (unpaired) electrons. The molecule has 1 fully saturated rings. The standard InChI is InChI=1S/C23H27N5O2/c1-27-23(28-16-6-5-7-17(29)14-16)20(22(25)26)21(24)15-10-12-19(13-11-15)30-18-8-3-2-4-9-18/h2-4,8-13,16H,5-7,14,24H2,1H3,(H3,25,26)(H,27,28). The molecule has 0 aromatic heterocycles. The minimum absolute atomic E-state index is 0.0336. The van der Waals surface area contributed by atoms with E-state index in [0.717, 1.165) is 18.6 Å². The second-order valence-electron chi connectivity index (χ2n) is 7.19. The molecule has 1 aliphatic rings. The molecule has 0 heterocycles. The fourth-order valence-corrected chi connectivity index (χ4v) is 3.46. The van der Waals surface area contributed by atoms with Crippen molar-refractivity contribution in [1.82, 2.24) is 5.32 Å². The smallest absolute Gasteiger partial charge is 0.134 e. The zero-order chi connectivity index (χ0) is 21.5. The van der Waals surface area contributed by atoms with Crippen LogP contribution in [0.4, 0.5) is 0 Å². The van der Waals surface area contributed by atoms with Crippen molar-refractivity contribution in [3.8, 4) is 11.5 Å². The molecule has 7 heteroatoms. The summed E-state index contributed by atoms with van der Waals surface area (Å²) in [4.78, 5) is 16.0. The van der Waals surface area contributed by atoms with Gasteiger partial charge in [-0.25, -0.2) is 0 Å². The lowest BCUT2D eigenvalue weighted by atomic mass is 9.93. The maximum atomic E-state index is 11.8. The van der Waals surface area contributed by atoms with Crippen LogP contribution in [-0.2, 0) is 4.79 Å². The van der Waals surface area contributed by atoms with Crippen molar-refractivity contribution in [2.75, 3.05) is 7.05 Å². The van der Waals surface area contributed by atoms with Crippen molar-refractivity contribution in [1.29, 1.82) is 5.41 Å². The molecule has 6 N–H and O–H groups in total. The van der Waals surface area contributed by atoms with Gasteiger partial charge in [0.05, 0.1) is 11.3 Å². The van der Waals surface area contributed by atoms with Gasteiger partial charge in [0.15, 0.2) is 0 Å². The number of nitrogens with zero attached hydrogens (tertiary/aromatic N) is 1. The summed E-state index contributed by atoms with van der Waals surface area (Å²) in [5.41, 5.74) is 13.6. The average molecular weight is 406 g/mol. The summed E-state index contributed by atoms with van der Waals surface area (Å²) in [6.45, 7) is 0. The summed E-state index contributed by atoms with van der Waals surface area (Å²) in [6, 6.07) is 16.7. The van der Waals surface area contributed by atoms with Crippen LogP contribution in [0.2, 0.25) is 0 Å². The van der Waals surface area contributed by atoms with E-state index in [2.05, 4.69) is 10.3 Å². The first-order valence-electron chi connectivity index (χ1n) is 9.90. The lowest BCUT2D eigenvalue weighted by molar-refractivity contribution is -0.120. The SMILES string of the molecule is CN=C(NC1CCCC(=O)C1)C(C(=N)N)=C(N)c1ccc(Oc2ccccc2)cc1. The first kappa shape index (κ1) is 21.1. The predicted octanol–water partition coefficient (Wildman–Crippen LogP) is 3.21. The number of ketones is 1. The van der Waals surface area contributed by atoms with Gasteiger partial charge in [-0.15, -0.1) is 0 Å². The minimum Gasteiger partial charge on any atom is -0.457 e. The van der Waals surface area contributed by atoms with Gasteiger partial charge in [0.25, 0.3) is 0 Å². The van der Waals surface area contributed by atoms with Crippen molar-refractivity contribution in [2.45, 2.75) is 31.7 Å². The molecule has 1 unspecified atom stereocenters. The number of ether oxygens (including phenoxy) is 1. The van der Waals surface area contributed by atoms with Crippen LogP contribution >= 0.6 is 0 Å². The Morgan fingerprint density at radius 2 is 1.77 bits per heavy atom. The Morgan fingerprint density at radius 1 is 1.10 bits per heavy atom. The highest BCUT2D eigenvalue weighted by Gasteiger charge is 2.23. The number of aliphatic imine (C=N–C) groups is 1. The van der Waals surface area contributed by atoms with Gasteiger partial charge >= 0.3 is 0 Å². The molecule has 3 rings (SSSR count). The Labute approximate surface area is 176 Å². The van der Waals surface area contributed by atoms with Crippen LogP contribution in [0.3, 0.4) is 0 Å². The van der Waals surface area contributed by atoms with Crippen molar-refractivity contribution in [3.63, 3.8) is 0 Å². The number of benzene rings is 2. The summed E-state index contributed by atoms with van der Waals surface area (Å²) in [5, 5.41) is 11.3. The van der Waals surface area contributed by atoms with E-state index >= 15 is 0 Å². The monoisotopic (exact) mass is 405 g/mol. The summed E-state index contributed by atoms with van der Waals surface area (Å²) in [6.07, 6.45) is 2.76. The Balaban J connectivity index is 1.82. The number of carbonyl (C=O) groups excluding carboxylic acids is 1. The van der Waals surface area contributed by atoms with Gasteiger partial charge in [0.2, 0.25) is 0 Å². The lowest BCUT2D eigenvalue weighted by Crippen LogP contribution is -2.42. The van der Waals surface area contributed by atoms with Crippen LogP contribution in [0.15, 0.2) is 65.2 Å². The average Bonchev–Trinajstić information content (AvgIpc) is 2.74. The zero-order valence-electron chi connectivity index (χ0n) is 17.0. The van der Waals surface area contributed by atoms with Crippen LogP contribution in [0.25, 0.3) is 5.70 Å². The largest absolute Gasteiger partial charge is 0.457 e. The van der Waals surface area contributed by atoms with E-state index in [9.17, 15) is 4.79 Å². The van der Waals surface area contributed by atoms with Gasteiger partial charge in [-0.05, 0) is 54.8 Å². The van der Waals surface area contributed by atoms with E-state index in [1.54, 1.807) is 7.05 Å². The van der Waals surface area contributed by atoms with E-state index in [4.69, 9.17) is 21.6 Å². The van der Waals surface area contributed by atoms with Crippen molar-refractivity contribution in [3.05, 3.63) is 65.7 Å². The predicted molar refractivity (Wildman–Crippen MR) is 120 cm³/mol. The van der Waals surface area contributed by atoms with Crippen LogP contribution in [0.5, 0.6) is 11.5 Å². The molecule has 2 aromatic rings. The van der Waals surface area contributed by atoms with Gasteiger partial charge in [-0.3, -0.25) is 15.2 Å². The highest BCUT2D eigenvalue weighted by atomic mass is 16.5. The zero-order valence-corrected chi connectivity index (χ0v) is 17.0. The second kappa shape index (κ2) is 9.73. The first-order valence-corrected chi connectivity index (χ1v) is 9.90. The maximum absolute atomic E-state index is 11.8. The fraction of sp³-hybridized carbons (Fsp3) is 0.261. The van der Waals surface area contributed by atoms with Crippen LogP contribution in [-0.4, -0.2) is 30.5 Å². The number of Topliss-reactive ketones (excluding diaryl/α,β-unsaturated/α-hetero) is 1. The maximum Gasteiger partial charge on any atom is 0.134 e. The summed E-state index contributed by atoms with van der Waals surface area (Å²) < 4.78 is 5.81. The van der Waals surface area contributed by atoms with Crippen molar-refractivity contribution < 1.29 is 9.53 Å². The molecule has 1 aliphatic carbocycles. The van der Waals surface area contributed by atoms with Gasteiger partial charge in [0, 0.05) is 25.9 Å². The van der Waals surface area contributed by atoms with Crippen LogP contribution in [0, 0.1) is 5.41 Å². The highest BCUT2D eigenvalue weighted by Crippen LogP contribution is 2.24. The van der Waals surface area contributed by atoms with Crippen molar-refractivity contribution >= 4 is 23.2 Å². The van der Waals surface area contributed by atoms with Crippen molar-refractivity contribution in [2.24, 2.45) is 16.5 Å². The minimum atomic E-state index is -0.188. The summed E-state index contributed by atoms with van der Waals surface area (Å²) >= 11 is 0. The molecule has 0 aliphatic heterocycles. The summed E-state index contributed by atoms with van der Waals surface area (Å²) in [7, 11) is 1.61. The molecule has 1 atom stereocenters. The van der Waals surface area contributed by atoms with E-state index < -0.39 is 0 Å². The Hall–Kier alpha value is -3.61. The first-order chi connectivity index (χ1) is 14.5. The van der Waals surface area contributed by atoms with Gasteiger partial charge in [-0.2, -0.15) is 0 Å².